The monoisotopic (exact) mass is 449 g/mol. The van der Waals surface area contributed by atoms with Gasteiger partial charge in [0.2, 0.25) is 0 Å². The molecular weight excluding hydrogens is 434 g/mol. The number of nitriles is 2. The van der Waals surface area contributed by atoms with E-state index in [4.69, 9.17) is 16.9 Å². The number of thioether (sulfide) groups is 1. The zero-order chi connectivity index (χ0) is 22.1. The summed E-state index contributed by atoms with van der Waals surface area (Å²) in [6.45, 7) is 1.90. The molecule has 1 aromatic carbocycles. The molecule has 0 bridgehead atoms. The molecule has 0 saturated carbocycles. The molecular formula is C22H16ClN5O2S. The van der Waals surface area contributed by atoms with Gasteiger partial charge in [0.05, 0.1) is 47.1 Å². The second-order valence-corrected chi connectivity index (χ2v) is 8.63. The van der Waals surface area contributed by atoms with Crippen LogP contribution in [-0.4, -0.2) is 39.7 Å². The number of amides is 3. The Morgan fingerprint density at radius 1 is 1.23 bits per heavy atom. The van der Waals surface area contributed by atoms with E-state index in [0.29, 0.717) is 21.8 Å². The minimum Gasteiger partial charge on any atom is -0.315 e. The lowest BCUT2D eigenvalue weighted by Crippen LogP contribution is -2.62. The Kier molecular flexibility index (Phi) is 5.69. The van der Waals surface area contributed by atoms with Crippen molar-refractivity contribution in [3.63, 3.8) is 0 Å². The highest BCUT2D eigenvalue weighted by Gasteiger charge is 2.50. The number of hydrogen-bond acceptors (Lipinski definition) is 6. The van der Waals surface area contributed by atoms with Crippen molar-refractivity contribution in [3.8, 4) is 12.1 Å². The molecule has 7 nitrogen and oxygen atoms in total. The Balaban J connectivity index is 1.78. The topological polar surface area (TPSA) is 101 Å². The maximum atomic E-state index is 13.5. The lowest BCUT2D eigenvalue weighted by molar-refractivity contribution is -0.119. The first-order valence-electron chi connectivity index (χ1n) is 9.47. The van der Waals surface area contributed by atoms with Crippen molar-refractivity contribution in [2.24, 2.45) is 0 Å². The standard InChI is InChI=1S/C22H16ClN5O2S/c1-13-16(23)11-26-12-18(13)28-21(29)20-17(27(22(28)30)8-4-7-24)9-19(31-20)15-6-3-2-5-14(15)10-25/h2-3,5-6,9,11-12,17,20H,4,8H2,1H3. The van der Waals surface area contributed by atoms with Crippen molar-refractivity contribution in [1.82, 2.24) is 9.88 Å². The van der Waals surface area contributed by atoms with Crippen LogP contribution in [0.3, 0.4) is 0 Å². The van der Waals surface area contributed by atoms with Crippen LogP contribution in [0.15, 0.2) is 42.7 Å². The molecule has 9 heteroatoms. The number of hydrogen-bond donors (Lipinski definition) is 0. The Labute approximate surface area is 188 Å². The number of pyridine rings is 1. The molecule has 4 rings (SSSR count). The van der Waals surface area contributed by atoms with Crippen LogP contribution in [0.4, 0.5) is 10.5 Å². The molecule has 0 radical (unpaired) electrons. The fraction of sp³-hybridized carbons (Fsp3) is 0.227. The van der Waals surface area contributed by atoms with Gasteiger partial charge >= 0.3 is 6.03 Å². The van der Waals surface area contributed by atoms with Crippen LogP contribution in [0, 0.1) is 29.6 Å². The van der Waals surface area contributed by atoms with E-state index < -0.39 is 17.3 Å². The van der Waals surface area contributed by atoms with Gasteiger partial charge in [0.25, 0.3) is 5.91 Å². The largest absolute Gasteiger partial charge is 0.332 e. The first kappa shape index (κ1) is 20.9. The predicted octanol–water partition coefficient (Wildman–Crippen LogP) is 4.12. The van der Waals surface area contributed by atoms with Gasteiger partial charge in [-0.1, -0.05) is 29.8 Å². The van der Waals surface area contributed by atoms with Gasteiger partial charge in [-0.05, 0) is 24.6 Å². The summed E-state index contributed by atoms with van der Waals surface area (Å²) in [5.74, 6) is -0.374. The third-order valence-electron chi connectivity index (χ3n) is 5.29. The van der Waals surface area contributed by atoms with Crippen LogP contribution in [0.25, 0.3) is 4.91 Å². The highest BCUT2D eigenvalue weighted by molar-refractivity contribution is 8.09. The summed E-state index contributed by atoms with van der Waals surface area (Å²) in [7, 11) is 0. The van der Waals surface area contributed by atoms with Gasteiger partial charge in [-0.25, -0.2) is 9.69 Å². The second kappa shape index (κ2) is 8.43. The summed E-state index contributed by atoms with van der Waals surface area (Å²) in [5, 5.41) is 18.3. The lowest BCUT2D eigenvalue weighted by atomic mass is 10.0. The van der Waals surface area contributed by atoms with Crippen LogP contribution < -0.4 is 4.90 Å². The molecule has 2 aromatic rings. The fourth-order valence-corrected chi connectivity index (χ4v) is 5.24. The molecule has 1 saturated heterocycles. The minimum atomic E-state index is -0.600. The first-order valence-corrected chi connectivity index (χ1v) is 10.7. The quantitative estimate of drug-likeness (QED) is 0.695. The zero-order valence-corrected chi connectivity index (χ0v) is 18.0. The van der Waals surface area contributed by atoms with Gasteiger partial charge in [0.1, 0.15) is 5.25 Å². The van der Waals surface area contributed by atoms with E-state index in [1.165, 1.54) is 29.1 Å². The SMILES string of the molecule is Cc1c(Cl)cncc1N1C(=O)C2SC(c3ccccc3C#N)=CC2N(CCC#N)C1=O. The molecule has 154 valence electrons. The molecule has 0 aliphatic carbocycles. The number of benzene rings is 1. The maximum Gasteiger partial charge on any atom is 0.332 e. The first-order chi connectivity index (χ1) is 15.0. The van der Waals surface area contributed by atoms with Crippen LogP contribution >= 0.6 is 23.4 Å². The minimum absolute atomic E-state index is 0.131. The third kappa shape index (κ3) is 3.54. The van der Waals surface area contributed by atoms with E-state index in [2.05, 4.69) is 17.1 Å². The molecule has 3 heterocycles. The molecule has 2 unspecified atom stereocenters. The van der Waals surface area contributed by atoms with E-state index in [1.807, 2.05) is 18.2 Å². The molecule has 1 fully saturated rings. The van der Waals surface area contributed by atoms with Gasteiger partial charge in [0, 0.05) is 23.2 Å². The zero-order valence-electron chi connectivity index (χ0n) is 16.4. The predicted molar refractivity (Wildman–Crippen MR) is 118 cm³/mol. The number of rotatable bonds is 4. The summed E-state index contributed by atoms with van der Waals surface area (Å²) in [4.78, 5) is 34.3. The van der Waals surface area contributed by atoms with Crippen molar-refractivity contribution in [2.45, 2.75) is 24.6 Å². The number of anilines is 1. The van der Waals surface area contributed by atoms with Gasteiger partial charge < -0.3 is 4.90 Å². The number of urea groups is 1. The number of imide groups is 1. The average Bonchev–Trinajstić information content (AvgIpc) is 3.22. The van der Waals surface area contributed by atoms with E-state index in [9.17, 15) is 14.9 Å². The average molecular weight is 450 g/mol. The molecule has 31 heavy (non-hydrogen) atoms. The molecule has 2 atom stereocenters. The number of fused-ring (bicyclic) bond motifs is 1. The Hall–Kier alpha value is -3.33. The number of carbonyl (C=O) groups excluding carboxylic acids is 2. The second-order valence-electron chi connectivity index (χ2n) is 7.04. The maximum absolute atomic E-state index is 13.5. The van der Waals surface area contributed by atoms with Crippen LogP contribution in [0.5, 0.6) is 0 Å². The van der Waals surface area contributed by atoms with E-state index in [0.717, 1.165) is 15.4 Å². The summed E-state index contributed by atoms with van der Waals surface area (Å²) in [6.07, 6.45) is 4.88. The van der Waals surface area contributed by atoms with Gasteiger partial charge in [-0.15, -0.1) is 11.8 Å². The molecule has 2 aliphatic rings. The number of halogens is 1. The fourth-order valence-electron chi connectivity index (χ4n) is 3.72. The highest BCUT2D eigenvalue weighted by Crippen LogP contribution is 2.46. The van der Waals surface area contributed by atoms with E-state index >= 15 is 0 Å². The van der Waals surface area contributed by atoms with Crippen molar-refractivity contribution in [1.29, 1.82) is 10.5 Å². The van der Waals surface area contributed by atoms with Crippen LogP contribution in [0.2, 0.25) is 5.02 Å². The third-order valence-corrected chi connectivity index (χ3v) is 7.02. The number of nitrogens with zero attached hydrogens (tertiary/aromatic N) is 5. The van der Waals surface area contributed by atoms with Crippen molar-refractivity contribution >= 4 is 45.9 Å². The molecule has 0 spiro atoms. The van der Waals surface area contributed by atoms with Crippen molar-refractivity contribution in [2.75, 3.05) is 11.4 Å². The summed E-state index contributed by atoms with van der Waals surface area (Å²) in [5.41, 5.74) is 2.11. The number of aromatic nitrogens is 1. The smallest absolute Gasteiger partial charge is 0.315 e. The highest BCUT2D eigenvalue weighted by atomic mass is 35.5. The molecule has 1 aromatic heterocycles. The van der Waals surface area contributed by atoms with E-state index in [-0.39, 0.29) is 18.9 Å². The van der Waals surface area contributed by atoms with Crippen LogP contribution in [-0.2, 0) is 4.79 Å². The molecule has 2 aliphatic heterocycles. The van der Waals surface area contributed by atoms with Crippen LogP contribution in [0.1, 0.15) is 23.1 Å². The van der Waals surface area contributed by atoms with Gasteiger partial charge in [0.15, 0.2) is 0 Å². The van der Waals surface area contributed by atoms with Gasteiger partial charge in [-0.3, -0.25) is 9.78 Å². The summed E-state index contributed by atoms with van der Waals surface area (Å²) >= 11 is 7.50. The molecule has 3 amide bonds. The van der Waals surface area contributed by atoms with E-state index in [1.54, 1.807) is 19.1 Å². The Morgan fingerprint density at radius 3 is 2.74 bits per heavy atom. The van der Waals surface area contributed by atoms with Gasteiger partial charge in [-0.2, -0.15) is 10.5 Å². The normalized spacial score (nSPS) is 20.2. The summed E-state index contributed by atoms with van der Waals surface area (Å²) in [6, 6.07) is 10.4. The molecule has 0 N–H and O–H groups in total. The Morgan fingerprint density at radius 2 is 2.00 bits per heavy atom. The van der Waals surface area contributed by atoms with Crippen molar-refractivity contribution in [3.05, 3.63) is 64.4 Å². The lowest BCUT2D eigenvalue weighted by Gasteiger charge is -2.41. The summed E-state index contributed by atoms with van der Waals surface area (Å²) < 4.78 is 0. The number of carbonyl (C=O) groups is 2. The van der Waals surface area contributed by atoms with Crippen molar-refractivity contribution < 1.29 is 9.59 Å². The Bertz CT molecular complexity index is 1200.